The fourth-order valence-corrected chi connectivity index (χ4v) is 2.86. The molecular formula is C15H22BrNO. The molecule has 1 fully saturated rings. The van der Waals surface area contributed by atoms with Gasteiger partial charge in [0.25, 0.3) is 0 Å². The van der Waals surface area contributed by atoms with Gasteiger partial charge >= 0.3 is 0 Å². The normalized spacial score (nSPS) is 19.1. The molecule has 0 aromatic heterocycles. The quantitative estimate of drug-likeness (QED) is 0.923. The summed E-state index contributed by atoms with van der Waals surface area (Å²) in [5, 5.41) is 10.5. The summed E-state index contributed by atoms with van der Waals surface area (Å²) in [6.07, 6.45) is 2.91. The van der Waals surface area contributed by atoms with Crippen molar-refractivity contribution in [2.75, 3.05) is 13.1 Å². The topological polar surface area (TPSA) is 23.5 Å². The molecule has 1 heterocycles. The lowest BCUT2D eigenvalue weighted by Gasteiger charge is -2.39. The summed E-state index contributed by atoms with van der Waals surface area (Å²) < 4.78 is 1.08. The van der Waals surface area contributed by atoms with Gasteiger partial charge in [0, 0.05) is 16.4 Å². The Morgan fingerprint density at radius 1 is 1.22 bits per heavy atom. The number of rotatable bonds is 4. The molecule has 1 saturated heterocycles. The minimum atomic E-state index is -0.322. The molecule has 0 spiro atoms. The summed E-state index contributed by atoms with van der Waals surface area (Å²) in [5.41, 5.74) is 1.06. The van der Waals surface area contributed by atoms with Gasteiger partial charge in [-0.1, -0.05) is 28.1 Å². The van der Waals surface area contributed by atoms with Crippen LogP contribution in [0.15, 0.2) is 28.7 Å². The lowest BCUT2D eigenvalue weighted by Crippen LogP contribution is -2.51. The third-order valence-corrected chi connectivity index (χ3v) is 4.61. The molecule has 2 rings (SSSR count). The highest BCUT2D eigenvalue weighted by molar-refractivity contribution is 9.10. The summed E-state index contributed by atoms with van der Waals surface area (Å²) >= 11 is 3.43. The number of likely N-dealkylation sites (tertiary alicyclic amines) is 1. The van der Waals surface area contributed by atoms with E-state index in [1.807, 2.05) is 12.1 Å². The smallest absolute Gasteiger partial charge is 0.0758 e. The van der Waals surface area contributed by atoms with E-state index in [9.17, 15) is 5.11 Å². The second-order valence-corrected chi connectivity index (χ2v) is 6.61. The van der Waals surface area contributed by atoms with Crippen molar-refractivity contribution in [3.63, 3.8) is 0 Å². The minimum Gasteiger partial charge on any atom is -0.391 e. The fourth-order valence-electron chi connectivity index (χ4n) is 2.60. The van der Waals surface area contributed by atoms with Gasteiger partial charge in [0.1, 0.15) is 0 Å². The first kappa shape index (κ1) is 14.0. The summed E-state index contributed by atoms with van der Waals surface area (Å²) in [6, 6.07) is 8.22. The van der Waals surface area contributed by atoms with E-state index < -0.39 is 0 Å². The van der Waals surface area contributed by atoms with E-state index in [0.29, 0.717) is 0 Å². The molecular weight excluding hydrogens is 290 g/mol. The zero-order valence-electron chi connectivity index (χ0n) is 11.2. The fraction of sp³-hybridized carbons (Fsp3) is 0.600. The molecule has 0 bridgehead atoms. The average molecular weight is 312 g/mol. The van der Waals surface area contributed by atoms with Crippen molar-refractivity contribution < 1.29 is 5.11 Å². The van der Waals surface area contributed by atoms with Crippen molar-refractivity contribution in [3.8, 4) is 0 Å². The maximum atomic E-state index is 10.5. The second kappa shape index (κ2) is 5.72. The lowest BCUT2D eigenvalue weighted by atomic mass is 9.90. The van der Waals surface area contributed by atoms with Gasteiger partial charge in [-0.25, -0.2) is 0 Å². The molecule has 2 nitrogen and oxygen atoms in total. The largest absolute Gasteiger partial charge is 0.391 e. The molecule has 1 unspecified atom stereocenters. The highest BCUT2D eigenvalue weighted by Gasteiger charge is 2.35. The number of hydrogen-bond donors (Lipinski definition) is 1. The molecule has 100 valence electrons. The summed E-state index contributed by atoms with van der Waals surface area (Å²) in [7, 11) is 0. The van der Waals surface area contributed by atoms with Gasteiger partial charge in [0.15, 0.2) is 0 Å². The molecule has 0 saturated carbocycles. The Balaban J connectivity index is 2.01. The van der Waals surface area contributed by atoms with E-state index in [1.54, 1.807) is 0 Å². The molecule has 1 aliphatic rings. The van der Waals surface area contributed by atoms with E-state index in [0.717, 1.165) is 24.0 Å². The molecule has 1 aromatic rings. The number of nitrogens with zero attached hydrogens (tertiary/aromatic N) is 1. The van der Waals surface area contributed by atoms with E-state index in [4.69, 9.17) is 0 Å². The van der Waals surface area contributed by atoms with Gasteiger partial charge in [-0.15, -0.1) is 0 Å². The molecule has 3 heteroatoms. The summed E-state index contributed by atoms with van der Waals surface area (Å²) in [4.78, 5) is 2.41. The van der Waals surface area contributed by atoms with E-state index in [-0.39, 0.29) is 11.6 Å². The molecule has 0 radical (unpaired) electrons. The van der Waals surface area contributed by atoms with Crippen molar-refractivity contribution in [2.45, 2.75) is 44.8 Å². The Hall–Kier alpha value is -0.380. The van der Waals surface area contributed by atoms with Gasteiger partial charge < -0.3 is 5.11 Å². The third-order valence-electron chi connectivity index (χ3n) is 4.08. The number of halogens is 1. The minimum absolute atomic E-state index is 0.135. The summed E-state index contributed by atoms with van der Waals surface area (Å²) in [5.74, 6) is 0. The summed E-state index contributed by atoms with van der Waals surface area (Å²) in [6.45, 7) is 6.54. The number of hydrogen-bond acceptors (Lipinski definition) is 2. The van der Waals surface area contributed by atoms with E-state index in [2.05, 4.69) is 46.8 Å². The Kier molecular flexibility index (Phi) is 4.46. The molecule has 1 aromatic carbocycles. The second-order valence-electron chi connectivity index (χ2n) is 5.69. The van der Waals surface area contributed by atoms with Crippen LogP contribution in [0.4, 0.5) is 0 Å². The average Bonchev–Trinajstić information content (AvgIpc) is 2.86. The van der Waals surface area contributed by atoms with Gasteiger partial charge in [-0.3, -0.25) is 4.90 Å². The van der Waals surface area contributed by atoms with Crippen molar-refractivity contribution in [1.29, 1.82) is 0 Å². The van der Waals surface area contributed by atoms with Gasteiger partial charge in [-0.05, 0) is 57.5 Å². The number of benzene rings is 1. The van der Waals surface area contributed by atoms with Crippen LogP contribution in [-0.4, -0.2) is 34.7 Å². The van der Waals surface area contributed by atoms with Gasteiger partial charge in [0.2, 0.25) is 0 Å². The standard InChI is InChI=1S/C15H22BrNO/c1-15(2,17-9-3-4-10-17)14(18)11-12-5-7-13(16)8-6-12/h5-8,14,18H,3-4,9-11H2,1-2H3. The Morgan fingerprint density at radius 2 is 1.78 bits per heavy atom. The van der Waals surface area contributed by atoms with Crippen LogP contribution in [0.25, 0.3) is 0 Å². The first-order valence-corrected chi connectivity index (χ1v) is 7.47. The van der Waals surface area contributed by atoms with Crippen molar-refractivity contribution in [3.05, 3.63) is 34.3 Å². The van der Waals surface area contributed by atoms with E-state index >= 15 is 0 Å². The maximum Gasteiger partial charge on any atom is 0.0758 e. The van der Waals surface area contributed by atoms with Crippen LogP contribution in [0.5, 0.6) is 0 Å². The van der Waals surface area contributed by atoms with Crippen LogP contribution in [0.3, 0.4) is 0 Å². The zero-order chi connectivity index (χ0) is 13.2. The van der Waals surface area contributed by atoms with Gasteiger partial charge in [-0.2, -0.15) is 0 Å². The predicted octanol–water partition coefficient (Wildman–Crippen LogP) is 3.23. The first-order valence-electron chi connectivity index (χ1n) is 6.68. The maximum absolute atomic E-state index is 10.5. The molecule has 1 N–H and O–H groups in total. The highest BCUT2D eigenvalue weighted by Crippen LogP contribution is 2.26. The highest BCUT2D eigenvalue weighted by atomic mass is 79.9. The van der Waals surface area contributed by atoms with E-state index in [1.165, 1.54) is 18.4 Å². The number of aliphatic hydroxyl groups is 1. The van der Waals surface area contributed by atoms with Crippen molar-refractivity contribution in [1.82, 2.24) is 4.90 Å². The Labute approximate surface area is 118 Å². The SMILES string of the molecule is CC(C)(C(O)Cc1ccc(Br)cc1)N1CCCC1. The van der Waals surface area contributed by atoms with Crippen LogP contribution >= 0.6 is 15.9 Å². The molecule has 1 aliphatic heterocycles. The third kappa shape index (κ3) is 3.14. The van der Waals surface area contributed by atoms with Crippen LogP contribution in [0.2, 0.25) is 0 Å². The van der Waals surface area contributed by atoms with Crippen LogP contribution in [-0.2, 0) is 6.42 Å². The monoisotopic (exact) mass is 311 g/mol. The van der Waals surface area contributed by atoms with Crippen molar-refractivity contribution in [2.24, 2.45) is 0 Å². The molecule has 1 atom stereocenters. The lowest BCUT2D eigenvalue weighted by molar-refractivity contribution is 0.00337. The number of aliphatic hydroxyl groups excluding tert-OH is 1. The first-order chi connectivity index (χ1) is 8.50. The molecule has 0 aliphatic carbocycles. The Morgan fingerprint density at radius 3 is 2.33 bits per heavy atom. The van der Waals surface area contributed by atoms with Gasteiger partial charge in [0.05, 0.1) is 6.10 Å². The van der Waals surface area contributed by atoms with Crippen LogP contribution in [0.1, 0.15) is 32.3 Å². The Bertz CT molecular complexity index is 382. The molecule has 18 heavy (non-hydrogen) atoms. The predicted molar refractivity (Wildman–Crippen MR) is 78.7 cm³/mol. The zero-order valence-corrected chi connectivity index (χ0v) is 12.8. The van der Waals surface area contributed by atoms with Crippen molar-refractivity contribution >= 4 is 15.9 Å². The van der Waals surface area contributed by atoms with Crippen LogP contribution in [0, 0.1) is 0 Å². The molecule has 0 amide bonds. The van der Waals surface area contributed by atoms with Crippen LogP contribution < -0.4 is 0 Å².